The van der Waals surface area contributed by atoms with Crippen LogP contribution in [-0.4, -0.2) is 33.3 Å². The standard InChI is InChI=1S/C8H10FN3O3S/c9-4-1-12(8(14)11-7(4)10)5-3-15-6(2-13)16-5/h1,5-6,13H,2-3H2,(H2,10,11,14)/t5-,6-/m1/s1. The Morgan fingerprint density at radius 1 is 1.81 bits per heavy atom. The first kappa shape index (κ1) is 11.4. The summed E-state index contributed by atoms with van der Waals surface area (Å²) in [4.78, 5) is 14.8. The quantitative estimate of drug-likeness (QED) is 0.735. The van der Waals surface area contributed by atoms with Crippen molar-refractivity contribution in [3.05, 3.63) is 22.5 Å². The van der Waals surface area contributed by atoms with E-state index in [0.29, 0.717) is 0 Å². The van der Waals surface area contributed by atoms with Crippen LogP contribution in [0.2, 0.25) is 0 Å². The van der Waals surface area contributed by atoms with Crippen molar-refractivity contribution in [3.63, 3.8) is 0 Å². The average molecular weight is 247 g/mol. The smallest absolute Gasteiger partial charge is 0.350 e. The second-order valence-corrected chi connectivity index (χ2v) is 4.54. The van der Waals surface area contributed by atoms with Crippen molar-refractivity contribution < 1.29 is 14.2 Å². The minimum absolute atomic E-state index is 0.152. The van der Waals surface area contributed by atoms with E-state index in [0.717, 1.165) is 10.8 Å². The van der Waals surface area contributed by atoms with Crippen LogP contribution in [0.3, 0.4) is 0 Å². The summed E-state index contributed by atoms with van der Waals surface area (Å²) in [7, 11) is 0. The lowest BCUT2D eigenvalue weighted by Gasteiger charge is -2.11. The number of aromatic nitrogens is 2. The molecular weight excluding hydrogens is 237 g/mol. The van der Waals surface area contributed by atoms with Gasteiger partial charge in [0, 0.05) is 6.20 Å². The van der Waals surface area contributed by atoms with E-state index in [1.807, 2.05) is 0 Å². The summed E-state index contributed by atoms with van der Waals surface area (Å²) < 4.78 is 19.4. The maximum absolute atomic E-state index is 13.1. The second-order valence-electron chi connectivity index (χ2n) is 3.20. The van der Waals surface area contributed by atoms with Crippen LogP contribution in [-0.2, 0) is 4.74 Å². The zero-order valence-corrected chi connectivity index (χ0v) is 8.98. The number of halogens is 1. The van der Waals surface area contributed by atoms with Gasteiger partial charge in [-0.05, 0) is 0 Å². The summed E-state index contributed by atoms with van der Waals surface area (Å²) >= 11 is 1.24. The lowest BCUT2D eigenvalue weighted by Crippen LogP contribution is -2.27. The highest BCUT2D eigenvalue weighted by Crippen LogP contribution is 2.34. The highest BCUT2D eigenvalue weighted by atomic mass is 32.2. The van der Waals surface area contributed by atoms with Gasteiger partial charge in [0.05, 0.1) is 13.2 Å². The average Bonchev–Trinajstić information content (AvgIpc) is 2.71. The van der Waals surface area contributed by atoms with Crippen LogP contribution >= 0.6 is 11.8 Å². The van der Waals surface area contributed by atoms with Gasteiger partial charge in [0.25, 0.3) is 0 Å². The minimum Gasteiger partial charge on any atom is -0.393 e. The molecule has 1 aliphatic rings. The fourth-order valence-corrected chi connectivity index (χ4v) is 2.38. The molecule has 1 fully saturated rings. The minimum atomic E-state index is -0.743. The molecule has 0 spiro atoms. The molecule has 0 amide bonds. The molecule has 0 radical (unpaired) electrons. The lowest BCUT2D eigenvalue weighted by molar-refractivity contribution is 0.0802. The number of rotatable bonds is 2. The van der Waals surface area contributed by atoms with Crippen LogP contribution in [0, 0.1) is 5.82 Å². The van der Waals surface area contributed by atoms with Crippen molar-refractivity contribution in [2.45, 2.75) is 10.8 Å². The molecule has 8 heteroatoms. The summed E-state index contributed by atoms with van der Waals surface area (Å²) in [5, 5.41) is 8.47. The van der Waals surface area contributed by atoms with Crippen molar-refractivity contribution >= 4 is 17.6 Å². The predicted molar refractivity (Wildman–Crippen MR) is 56.3 cm³/mol. The maximum Gasteiger partial charge on any atom is 0.350 e. The molecule has 1 aromatic heterocycles. The van der Waals surface area contributed by atoms with E-state index in [2.05, 4.69) is 4.98 Å². The number of ether oxygens (including phenoxy) is 1. The van der Waals surface area contributed by atoms with Gasteiger partial charge in [-0.15, -0.1) is 11.8 Å². The van der Waals surface area contributed by atoms with Gasteiger partial charge < -0.3 is 15.6 Å². The van der Waals surface area contributed by atoms with E-state index in [-0.39, 0.29) is 18.6 Å². The van der Waals surface area contributed by atoms with E-state index >= 15 is 0 Å². The first-order valence-electron chi connectivity index (χ1n) is 4.54. The predicted octanol–water partition coefficient (Wildman–Crippen LogP) is -0.455. The topological polar surface area (TPSA) is 90.4 Å². The Bertz CT molecular complexity index is 453. The molecule has 0 aliphatic carbocycles. The van der Waals surface area contributed by atoms with Crippen LogP contribution < -0.4 is 11.4 Å². The number of thioether (sulfide) groups is 1. The molecule has 1 aromatic rings. The van der Waals surface area contributed by atoms with Gasteiger partial charge in [0.1, 0.15) is 10.8 Å². The van der Waals surface area contributed by atoms with E-state index in [9.17, 15) is 9.18 Å². The zero-order chi connectivity index (χ0) is 11.7. The van der Waals surface area contributed by atoms with Gasteiger partial charge in [-0.1, -0.05) is 0 Å². The molecule has 6 nitrogen and oxygen atoms in total. The van der Waals surface area contributed by atoms with Gasteiger partial charge in [0.2, 0.25) is 0 Å². The van der Waals surface area contributed by atoms with Crippen LogP contribution in [0.25, 0.3) is 0 Å². The highest BCUT2D eigenvalue weighted by Gasteiger charge is 2.28. The summed E-state index contributed by atoms with van der Waals surface area (Å²) in [5.41, 5.74) is 4.15. The third kappa shape index (κ3) is 2.04. The third-order valence-corrected chi connectivity index (χ3v) is 3.39. The highest BCUT2D eigenvalue weighted by molar-refractivity contribution is 8.00. The number of aliphatic hydroxyl groups excluding tert-OH is 1. The summed E-state index contributed by atoms with van der Waals surface area (Å²) in [6, 6.07) is 0. The number of nitrogens with zero attached hydrogens (tertiary/aromatic N) is 2. The fourth-order valence-electron chi connectivity index (χ4n) is 1.35. The van der Waals surface area contributed by atoms with Crippen molar-refractivity contribution in [2.24, 2.45) is 0 Å². The monoisotopic (exact) mass is 247 g/mol. The Morgan fingerprint density at radius 3 is 3.19 bits per heavy atom. The zero-order valence-electron chi connectivity index (χ0n) is 8.17. The fraction of sp³-hybridized carbons (Fsp3) is 0.500. The Morgan fingerprint density at radius 2 is 2.56 bits per heavy atom. The van der Waals surface area contributed by atoms with Gasteiger partial charge in [-0.3, -0.25) is 4.57 Å². The molecule has 1 aliphatic heterocycles. The van der Waals surface area contributed by atoms with E-state index in [1.165, 1.54) is 11.8 Å². The van der Waals surface area contributed by atoms with E-state index in [4.69, 9.17) is 15.6 Å². The molecular formula is C8H10FN3O3S. The molecule has 2 heterocycles. The number of hydrogen-bond acceptors (Lipinski definition) is 6. The Labute approximate surface area is 94.2 Å². The number of nitrogens with two attached hydrogens (primary N) is 1. The van der Waals surface area contributed by atoms with Crippen molar-refractivity contribution in [1.82, 2.24) is 9.55 Å². The number of aliphatic hydroxyl groups is 1. The Balaban J connectivity index is 2.28. The summed E-state index contributed by atoms with van der Waals surface area (Å²) in [5.74, 6) is -1.16. The number of anilines is 1. The molecule has 2 atom stereocenters. The van der Waals surface area contributed by atoms with E-state index < -0.39 is 22.8 Å². The van der Waals surface area contributed by atoms with Gasteiger partial charge in [-0.2, -0.15) is 4.98 Å². The summed E-state index contributed by atoms with van der Waals surface area (Å²) in [6.45, 7) is 0.0711. The molecule has 3 N–H and O–H groups in total. The molecule has 0 aromatic carbocycles. The third-order valence-electron chi connectivity index (χ3n) is 2.13. The van der Waals surface area contributed by atoms with Crippen LogP contribution in [0.5, 0.6) is 0 Å². The summed E-state index contributed by atoms with van der Waals surface area (Å²) in [6.07, 6.45) is 1.01. The molecule has 0 bridgehead atoms. The van der Waals surface area contributed by atoms with E-state index in [1.54, 1.807) is 0 Å². The molecule has 2 rings (SSSR count). The SMILES string of the molecule is Nc1nc(=O)n([C@H]2CO[C@@H](CO)S2)cc1F. The number of nitrogen functional groups attached to an aromatic ring is 1. The normalized spacial score (nSPS) is 24.9. The first-order chi connectivity index (χ1) is 7.61. The Kier molecular flexibility index (Phi) is 3.13. The second kappa shape index (κ2) is 4.40. The largest absolute Gasteiger partial charge is 0.393 e. The molecule has 16 heavy (non-hydrogen) atoms. The van der Waals surface area contributed by atoms with Gasteiger partial charge >= 0.3 is 5.69 Å². The number of hydrogen-bond donors (Lipinski definition) is 2. The van der Waals surface area contributed by atoms with Gasteiger partial charge in [0.15, 0.2) is 11.6 Å². The van der Waals surface area contributed by atoms with Gasteiger partial charge in [-0.25, -0.2) is 9.18 Å². The van der Waals surface area contributed by atoms with Crippen LogP contribution in [0.4, 0.5) is 10.2 Å². The molecule has 0 unspecified atom stereocenters. The van der Waals surface area contributed by atoms with Crippen LogP contribution in [0.1, 0.15) is 5.37 Å². The molecule has 88 valence electrons. The Hall–Kier alpha value is -1.12. The van der Waals surface area contributed by atoms with Crippen LogP contribution in [0.15, 0.2) is 11.0 Å². The molecule has 1 saturated heterocycles. The van der Waals surface area contributed by atoms with Crippen molar-refractivity contribution in [1.29, 1.82) is 0 Å². The van der Waals surface area contributed by atoms with Crippen molar-refractivity contribution in [2.75, 3.05) is 18.9 Å². The van der Waals surface area contributed by atoms with Crippen molar-refractivity contribution in [3.8, 4) is 0 Å². The molecule has 0 saturated carbocycles. The lowest BCUT2D eigenvalue weighted by atomic mass is 10.5. The maximum atomic E-state index is 13.1. The first-order valence-corrected chi connectivity index (χ1v) is 5.48.